The Balaban J connectivity index is 1.60. The van der Waals surface area contributed by atoms with Crippen LogP contribution in [0.25, 0.3) is 0 Å². The van der Waals surface area contributed by atoms with Crippen molar-refractivity contribution in [1.82, 2.24) is 40.6 Å². The quantitative estimate of drug-likeness (QED) is 0.168. The van der Waals surface area contributed by atoms with Gasteiger partial charge in [0, 0.05) is 17.0 Å². The Morgan fingerprint density at radius 1 is 0.684 bits per heavy atom. The molecule has 0 aliphatic heterocycles. The minimum Gasteiger partial charge on any atom is -0.508 e. The lowest BCUT2D eigenvalue weighted by Gasteiger charge is -2.22. The van der Waals surface area contributed by atoms with E-state index in [0.717, 1.165) is 5.56 Å². The molecular formula is C25H22N10O3. The van der Waals surface area contributed by atoms with Crippen LogP contribution in [0.4, 0.5) is 0 Å². The first-order chi connectivity index (χ1) is 18.4. The van der Waals surface area contributed by atoms with Crippen LogP contribution in [0.3, 0.4) is 0 Å². The Labute approximate surface area is 216 Å². The molecule has 0 atom stereocenters. The van der Waals surface area contributed by atoms with Crippen LogP contribution >= 0.6 is 0 Å². The minimum atomic E-state index is -0.609. The van der Waals surface area contributed by atoms with Crippen molar-refractivity contribution in [3.63, 3.8) is 0 Å². The van der Waals surface area contributed by atoms with Gasteiger partial charge in [0.15, 0.2) is 11.6 Å². The minimum absolute atomic E-state index is 0.0154. The van der Waals surface area contributed by atoms with Gasteiger partial charge in [-0.1, -0.05) is 12.1 Å². The third-order valence-electron chi connectivity index (χ3n) is 5.79. The van der Waals surface area contributed by atoms with Crippen molar-refractivity contribution < 1.29 is 15.3 Å². The second kappa shape index (κ2) is 10.3. The molecule has 0 radical (unpaired) electrons. The molecule has 0 saturated carbocycles. The van der Waals surface area contributed by atoms with Gasteiger partial charge in [-0.3, -0.25) is 0 Å². The molecule has 190 valence electrons. The van der Waals surface area contributed by atoms with E-state index in [4.69, 9.17) is 0 Å². The number of hydrogen-bond donors (Lipinski definition) is 3. The summed E-state index contributed by atoms with van der Waals surface area (Å²) in [5.41, 5.74) is 3.08. The van der Waals surface area contributed by atoms with E-state index in [1.807, 2.05) is 0 Å². The fourth-order valence-electron chi connectivity index (χ4n) is 3.87. The summed E-state index contributed by atoms with van der Waals surface area (Å²) in [4.78, 5) is 2.57. The summed E-state index contributed by atoms with van der Waals surface area (Å²) in [6.45, 7) is 3.44. The average Bonchev–Trinajstić information content (AvgIpc) is 3.52. The number of hydrogen-bond acceptors (Lipinski definition) is 11. The maximum atomic E-state index is 10.9. The number of aromatic hydroxyl groups is 3. The summed E-state index contributed by atoms with van der Waals surface area (Å²) in [7, 11) is 0. The Morgan fingerprint density at radius 3 is 1.58 bits per heavy atom. The summed E-state index contributed by atoms with van der Waals surface area (Å²) < 4.78 is 0. The first kappa shape index (κ1) is 24.2. The lowest BCUT2D eigenvalue weighted by Crippen LogP contribution is -2.06. The third kappa shape index (κ3) is 5.06. The van der Waals surface area contributed by atoms with E-state index in [2.05, 4.69) is 41.3 Å². The van der Waals surface area contributed by atoms with Crippen molar-refractivity contribution in [2.45, 2.75) is 19.8 Å². The molecule has 0 saturated heterocycles. The number of aromatic nitrogens is 8. The highest BCUT2D eigenvalue weighted by molar-refractivity contribution is 5.82. The van der Waals surface area contributed by atoms with Crippen LogP contribution in [-0.2, 0) is 0 Å². The van der Waals surface area contributed by atoms with Crippen molar-refractivity contribution in [3.8, 4) is 17.2 Å². The fraction of sp³-hybridized carbons (Fsp3) is 0.120. The van der Waals surface area contributed by atoms with Crippen molar-refractivity contribution in [2.24, 2.45) is 10.2 Å². The summed E-state index contributed by atoms with van der Waals surface area (Å²) in [5, 5.41) is 62.6. The van der Waals surface area contributed by atoms with Crippen LogP contribution < -0.4 is 0 Å². The summed E-state index contributed by atoms with van der Waals surface area (Å²) in [6, 6.07) is 16.6. The molecular weight excluding hydrogens is 491 g/mol. The van der Waals surface area contributed by atoms with Crippen LogP contribution in [0.5, 0.6) is 17.2 Å². The number of phenolic OH excluding ortho intramolecular Hbond substituents is 3. The van der Waals surface area contributed by atoms with Gasteiger partial charge in [0.05, 0.1) is 12.4 Å². The SMILES string of the molecule is Cc1nnnn1N=[13CH]c1ccc(O)c([13CH](c2ccc(O)cc2)c2cc([13CH]=Nn3nnnc3C)ccc2O)c1. The van der Waals surface area contributed by atoms with E-state index in [0.29, 0.717) is 33.9 Å². The number of phenols is 3. The molecule has 0 aliphatic rings. The second-order valence-corrected chi connectivity index (χ2v) is 8.38. The number of aryl methyl sites for hydroxylation is 2. The van der Waals surface area contributed by atoms with Crippen LogP contribution in [0.15, 0.2) is 70.9 Å². The van der Waals surface area contributed by atoms with Crippen molar-refractivity contribution in [3.05, 3.63) is 100 Å². The molecule has 5 rings (SSSR count). The van der Waals surface area contributed by atoms with Crippen molar-refractivity contribution >= 4 is 12.4 Å². The molecule has 3 aromatic carbocycles. The Kier molecular flexibility index (Phi) is 6.55. The summed E-state index contributed by atoms with van der Waals surface area (Å²) in [5.74, 6) is 0.548. The molecule has 13 nitrogen and oxygen atoms in total. The molecule has 5 aromatic rings. The molecule has 2 heterocycles. The van der Waals surface area contributed by atoms with Crippen molar-refractivity contribution in [2.75, 3.05) is 0 Å². The van der Waals surface area contributed by atoms with Gasteiger partial charge in [0.25, 0.3) is 0 Å². The van der Waals surface area contributed by atoms with Gasteiger partial charge in [-0.15, -0.1) is 19.8 Å². The van der Waals surface area contributed by atoms with Crippen LogP contribution in [0.2, 0.25) is 0 Å². The van der Waals surface area contributed by atoms with E-state index >= 15 is 0 Å². The zero-order valence-corrected chi connectivity index (χ0v) is 20.3. The Hall–Kier alpha value is -5.46. The zero-order valence-electron chi connectivity index (χ0n) is 20.3. The summed E-state index contributed by atoms with van der Waals surface area (Å²) in [6.07, 6.45) is 3.13. The monoisotopic (exact) mass is 513 g/mol. The van der Waals surface area contributed by atoms with Crippen LogP contribution in [0, 0.1) is 13.8 Å². The molecule has 13 heteroatoms. The number of rotatable bonds is 7. The van der Waals surface area contributed by atoms with Gasteiger partial charge in [-0.05, 0) is 99.9 Å². The highest BCUT2D eigenvalue weighted by atomic mass is 16.3. The summed E-state index contributed by atoms with van der Waals surface area (Å²) >= 11 is 0. The van der Waals surface area contributed by atoms with Gasteiger partial charge in [0.2, 0.25) is 0 Å². The molecule has 0 aliphatic carbocycles. The number of benzene rings is 3. The molecule has 0 unspecified atom stereocenters. The van der Waals surface area contributed by atoms with E-state index in [1.165, 1.54) is 9.58 Å². The lowest BCUT2D eigenvalue weighted by atomic mass is 10.0. The number of tetrazole rings is 2. The topological polar surface area (TPSA) is 173 Å². The average molecular weight is 513 g/mol. The first-order valence-corrected chi connectivity index (χ1v) is 11.4. The van der Waals surface area contributed by atoms with E-state index in [1.54, 1.807) is 86.9 Å². The van der Waals surface area contributed by atoms with E-state index in [-0.39, 0.29) is 17.2 Å². The largest absolute Gasteiger partial charge is 0.508 e. The molecule has 38 heavy (non-hydrogen) atoms. The normalized spacial score (nSPS) is 12.5. The highest BCUT2D eigenvalue weighted by Crippen LogP contribution is 2.41. The van der Waals surface area contributed by atoms with Gasteiger partial charge in [-0.25, -0.2) is 0 Å². The van der Waals surface area contributed by atoms with Gasteiger partial charge < -0.3 is 15.3 Å². The molecule has 0 bridgehead atoms. The highest BCUT2D eigenvalue weighted by Gasteiger charge is 2.24. The third-order valence-corrected chi connectivity index (χ3v) is 5.79. The molecule has 0 amide bonds. The Morgan fingerprint density at radius 2 is 1.16 bits per heavy atom. The predicted molar refractivity (Wildman–Crippen MR) is 136 cm³/mol. The maximum absolute atomic E-state index is 10.9. The predicted octanol–water partition coefficient (Wildman–Crippen LogP) is 2.34. The standard InChI is InChI=1S/C25H22N10O3/c1-15-28-30-32-34(15)26-13-17-3-9-23(37)21(11-17)25(19-5-7-20(36)8-6-19)22-12-18(4-10-24(22)38)14-27-35-16(2)29-31-33-35/h3-14,25,36-38H,1-2H3/i13+1,14+1,25+1. The van der Waals surface area contributed by atoms with Gasteiger partial charge in [-0.2, -0.15) is 10.2 Å². The maximum Gasteiger partial charge on any atom is 0.173 e. The smallest absolute Gasteiger partial charge is 0.173 e. The zero-order chi connectivity index (χ0) is 26.6. The van der Waals surface area contributed by atoms with Crippen molar-refractivity contribution in [1.29, 1.82) is 0 Å². The molecule has 2 aromatic heterocycles. The fourth-order valence-corrected chi connectivity index (χ4v) is 3.87. The Bertz CT molecular complexity index is 1540. The van der Waals surface area contributed by atoms with Gasteiger partial charge >= 0.3 is 0 Å². The van der Waals surface area contributed by atoms with Crippen LogP contribution in [-0.4, -0.2) is 68.4 Å². The van der Waals surface area contributed by atoms with Gasteiger partial charge in [0.1, 0.15) is 17.2 Å². The van der Waals surface area contributed by atoms with Crippen LogP contribution in [0.1, 0.15) is 45.4 Å². The molecule has 3 N–H and O–H groups in total. The lowest BCUT2D eigenvalue weighted by molar-refractivity contribution is 0.458. The number of nitrogens with zero attached hydrogens (tertiary/aromatic N) is 10. The van der Waals surface area contributed by atoms with E-state index < -0.39 is 5.92 Å². The molecule has 0 fully saturated rings. The molecule has 0 spiro atoms. The second-order valence-electron chi connectivity index (χ2n) is 8.38. The first-order valence-electron chi connectivity index (χ1n) is 11.4. The van der Waals surface area contributed by atoms with E-state index in [9.17, 15) is 15.3 Å².